The number of carbonyl (C=O) groups is 3. The maximum Gasteiger partial charge on any atom is 0.259 e. The third kappa shape index (κ3) is 2.79. The maximum absolute atomic E-state index is 13.4. The number of hydrogen-bond acceptors (Lipinski definition) is 3. The minimum Gasteiger partial charge on any atom is -0.290 e. The molecular weight excluding hydrogens is 412 g/mol. The monoisotopic (exact) mass is 432 g/mol. The standard InChI is InChI=1S/C25H21ClN2O3/c26-15-6-8-16(9-7-15)27(23(29)14-4-2-1-3-5-14)13-28-24(30)21-17-10-11-18(20-12-19(17)20)22(21)25(28)31/h1-11,17-22H,12-13H2/t17-,18-,19-,20+,21-,22-/m1/s1. The van der Waals surface area contributed by atoms with E-state index >= 15 is 0 Å². The van der Waals surface area contributed by atoms with Crippen molar-refractivity contribution in [2.75, 3.05) is 11.6 Å². The molecule has 2 saturated carbocycles. The molecule has 0 unspecified atom stereocenters. The summed E-state index contributed by atoms with van der Waals surface area (Å²) in [6.45, 7) is -0.0885. The zero-order valence-corrected chi connectivity index (χ0v) is 17.5. The SMILES string of the molecule is O=C1[C@@H]2[C@@H]3C=C[C@H]([C@@H]4C[C@H]34)[C@H]2C(=O)N1CN(C(=O)c1ccccc1)c1ccc(Cl)cc1. The molecule has 1 heterocycles. The smallest absolute Gasteiger partial charge is 0.259 e. The van der Waals surface area contributed by atoms with E-state index in [1.807, 2.05) is 6.07 Å². The van der Waals surface area contributed by atoms with Crippen molar-refractivity contribution < 1.29 is 14.4 Å². The average Bonchev–Trinajstić information content (AvgIpc) is 3.58. The van der Waals surface area contributed by atoms with Crippen molar-refractivity contribution in [2.45, 2.75) is 6.42 Å². The second kappa shape index (κ2) is 6.79. The first-order valence-corrected chi connectivity index (χ1v) is 11.1. The summed E-state index contributed by atoms with van der Waals surface area (Å²) in [4.78, 5) is 43.0. The largest absolute Gasteiger partial charge is 0.290 e. The van der Waals surface area contributed by atoms with Gasteiger partial charge in [0.2, 0.25) is 11.8 Å². The molecule has 7 rings (SSSR count). The molecule has 31 heavy (non-hydrogen) atoms. The number of hydrogen-bond donors (Lipinski definition) is 0. The quantitative estimate of drug-likeness (QED) is 0.542. The van der Waals surface area contributed by atoms with Crippen molar-refractivity contribution in [3.63, 3.8) is 0 Å². The van der Waals surface area contributed by atoms with Crippen LogP contribution in [0.1, 0.15) is 16.8 Å². The highest BCUT2D eigenvalue weighted by Gasteiger charge is 2.67. The number of nitrogens with zero attached hydrogens (tertiary/aromatic N) is 2. The van der Waals surface area contributed by atoms with E-state index in [1.165, 1.54) is 9.80 Å². The lowest BCUT2D eigenvalue weighted by Crippen LogP contribution is -2.45. The Labute approximate surface area is 185 Å². The van der Waals surface area contributed by atoms with Crippen LogP contribution in [0.25, 0.3) is 0 Å². The van der Waals surface area contributed by atoms with Crippen LogP contribution in [0.4, 0.5) is 5.69 Å². The number of halogens is 1. The Balaban J connectivity index is 1.34. The molecule has 2 bridgehead atoms. The van der Waals surface area contributed by atoms with Crippen LogP contribution >= 0.6 is 11.6 Å². The van der Waals surface area contributed by atoms with Gasteiger partial charge < -0.3 is 0 Å². The molecule has 2 aromatic rings. The van der Waals surface area contributed by atoms with E-state index in [1.54, 1.807) is 48.5 Å². The third-order valence-corrected chi connectivity index (χ3v) is 7.69. The number of anilines is 1. The highest BCUT2D eigenvalue weighted by atomic mass is 35.5. The summed E-state index contributed by atoms with van der Waals surface area (Å²) < 4.78 is 0. The minimum atomic E-state index is -0.273. The Morgan fingerprint density at radius 1 is 0.903 bits per heavy atom. The predicted molar refractivity (Wildman–Crippen MR) is 116 cm³/mol. The Kier molecular flexibility index (Phi) is 4.12. The number of allylic oxidation sites excluding steroid dienone is 2. The fourth-order valence-corrected chi connectivity index (χ4v) is 6.05. The number of carbonyl (C=O) groups excluding carboxylic acids is 3. The van der Waals surface area contributed by atoms with Gasteiger partial charge in [-0.1, -0.05) is 42.0 Å². The van der Waals surface area contributed by atoms with Gasteiger partial charge in [-0.05, 0) is 66.5 Å². The first kappa shape index (κ1) is 18.8. The predicted octanol–water partition coefficient (Wildman–Crippen LogP) is 4.00. The van der Waals surface area contributed by atoms with Gasteiger partial charge in [0.15, 0.2) is 0 Å². The van der Waals surface area contributed by atoms with E-state index < -0.39 is 0 Å². The maximum atomic E-state index is 13.4. The molecule has 1 saturated heterocycles. The molecule has 6 heteroatoms. The molecule has 4 aliphatic carbocycles. The van der Waals surface area contributed by atoms with Crippen LogP contribution in [-0.2, 0) is 9.59 Å². The Morgan fingerprint density at radius 2 is 1.48 bits per heavy atom. The van der Waals surface area contributed by atoms with Gasteiger partial charge in [-0.3, -0.25) is 24.2 Å². The second-order valence-electron chi connectivity index (χ2n) is 8.98. The van der Waals surface area contributed by atoms with Gasteiger partial charge in [0.05, 0.1) is 11.8 Å². The van der Waals surface area contributed by atoms with Gasteiger partial charge in [-0.25, -0.2) is 0 Å². The van der Waals surface area contributed by atoms with Crippen LogP contribution in [0.15, 0.2) is 66.7 Å². The van der Waals surface area contributed by atoms with Crippen LogP contribution in [-0.4, -0.2) is 29.3 Å². The fraction of sp³-hybridized carbons (Fsp3) is 0.320. The zero-order valence-electron chi connectivity index (χ0n) is 16.7. The molecule has 3 amide bonds. The minimum absolute atomic E-state index is 0.0885. The number of imide groups is 1. The van der Waals surface area contributed by atoms with Crippen LogP contribution in [0.2, 0.25) is 5.02 Å². The molecule has 0 spiro atoms. The molecule has 0 N–H and O–H groups in total. The Hall–Kier alpha value is -2.92. The van der Waals surface area contributed by atoms with E-state index in [0.717, 1.165) is 6.42 Å². The third-order valence-electron chi connectivity index (χ3n) is 7.44. The van der Waals surface area contributed by atoms with Crippen molar-refractivity contribution in [1.82, 2.24) is 4.90 Å². The van der Waals surface area contributed by atoms with Crippen molar-refractivity contribution in [2.24, 2.45) is 35.5 Å². The number of amides is 3. The van der Waals surface area contributed by atoms with Gasteiger partial charge in [0, 0.05) is 16.3 Å². The van der Waals surface area contributed by atoms with E-state index in [0.29, 0.717) is 28.1 Å². The van der Waals surface area contributed by atoms with E-state index in [-0.39, 0.29) is 48.1 Å². The van der Waals surface area contributed by atoms with E-state index in [4.69, 9.17) is 11.6 Å². The van der Waals surface area contributed by atoms with Crippen LogP contribution in [0, 0.1) is 35.5 Å². The van der Waals surface area contributed by atoms with Crippen LogP contribution in [0.3, 0.4) is 0 Å². The molecule has 0 radical (unpaired) electrons. The molecule has 156 valence electrons. The average molecular weight is 433 g/mol. The highest BCUT2D eigenvalue weighted by molar-refractivity contribution is 6.30. The van der Waals surface area contributed by atoms with Gasteiger partial charge in [0.25, 0.3) is 5.91 Å². The van der Waals surface area contributed by atoms with Gasteiger partial charge >= 0.3 is 0 Å². The molecule has 3 fully saturated rings. The van der Waals surface area contributed by atoms with Gasteiger partial charge in [-0.2, -0.15) is 0 Å². The summed E-state index contributed by atoms with van der Waals surface area (Å²) in [5, 5.41) is 0.553. The van der Waals surface area contributed by atoms with Crippen molar-refractivity contribution in [3.8, 4) is 0 Å². The first-order valence-electron chi connectivity index (χ1n) is 10.7. The summed E-state index contributed by atoms with van der Waals surface area (Å²) in [5.41, 5.74) is 1.09. The summed E-state index contributed by atoms with van der Waals surface area (Å²) in [6.07, 6.45) is 5.43. The Morgan fingerprint density at radius 3 is 2.06 bits per heavy atom. The lowest BCUT2D eigenvalue weighted by molar-refractivity contribution is -0.140. The van der Waals surface area contributed by atoms with Crippen LogP contribution < -0.4 is 4.90 Å². The summed E-state index contributed by atoms with van der Waals surface area (Å²) in [7, 11) is 0. The summed E-state index contributed by atoms with van der Waals surface area (Å²) in [5.74, 6) is 0.333. The number of benzene rings is 2. The molecule has 5 aliphatic rings. The molecule has 0 aromatic heterocycles. The molecule has 5 nitrogen and oxygen atoms in total. The molecule has 2 aromatic carbocycles. The first-order chi connectivity index (χ1) is 15.0. The van der Waals surface area contributed by atoms with E-state index in [9.17, 15) is 14.4 Å². The molecule has 1 aliphatic heterocycles. The highest BCUT2D eigenvalue weighted by Crippen LogP contribution is 2.65. The number of rotatable bonds is 4. The topological polar surface area (TPSA) is 57.7 Å². The Bertz CT molecular complexity index is 1080. The second-order valence-corrected chi connectivity index (χ2v) is 9.41. The van der Waals surface area contributed by atoms with E-state index in [2.05, 4.69) is 12.2 Å². The lowest BCUT2D eigenvalue weighted by Gasteiger charge is -2.37. The summed E-state index contributed by atoms with van der Waals surface area (Å²) >= 11 is 6.04. The van der Waals surface area contributed by atoms with Crippen molar-refractivity contribution in [1.29, 1.82) is 0 Å². The molecular formula is C25H21ClN2O3. The zero-order chi connectivity index (χ0) is 21.3. The van der Waals surface area contributed by atoms with Crippen LogP contribution in [0.5, 0.6) is 0 Å². The van der Waals surface area contributed by atoms with Crippen molar-refractivity contribution >= 4 is 35.0 Å². The normalized spacial score (nSPS) is 32.1. The van der Waals surface area contributed by atoms with Gasteiger partial charge in [0.1, 0.15) is 6.67 Å². The van der Waals surface area contributed by atoms with Gasteiger partial charge in [-0.15, -0.1) is 0 Å². The summed E-state index contributed by atoms with van der Waals surface area (Å²) in [6, 6.07) is 15.8. The number of likely N-dealkylation sites (tertiary alicyclic amines) is 1. The molecule has 6 atom stereocenters. The van der Waals surface area contributed by atoms with Crippen molar-refractivity contribution in [3.05, 3.63) is 77.3 Å². The fourth-order valence-electron chi connectivity index (χ4n) is 5.92. The lowest BCUT2D eigenvalue weighted by atomic mass is 9.63.